The Morgan fingerprint density at radius 2 is 2.00 bits per heavy atom. The number of ether oxygens (including phenoxy) is 2. The monoisotopic (exact) mass is 231 g/mol. The number of rotatable bonds is 1. The van der Waals surface area contributed by atoms with E-state index in [1.54, 1.807) is 10.9 Å². The van der Waals surface area contributed by atoms with Crippen molar-refractivity contribution < 1.29 is 9.47 Å². The molecule has 0 fully saturated rings. The van der Waals surface area contributed by atoms with Crippen LogP contribution in [0.5, 0.6) is 11.5 Å². The van der Waals surface area contributed by atoms with Gasteiger partial charge in [0.25, 0.3) is 0 Å². The van der Waals surface area contributed by atoms with E-state index in [1.165, 1.54) is 0 Å². The van der Waals surface area contributed by atoms with Gasteiger partial charge in [-0.2, -0.15) is 5.10 Å². The maximum Gasteiger partial charge on any atom is 0.231 e. The number of benzene rings is 1. The van der Waals surface area contributed by atoms with Gasteiger partial charge in [-0.3, -0.25) is 4.68 Å². The number of fused-ring (bicyclic) bond motifs is 1. The van der Waals surface area contributed by atoms with Gasteiger partial charge in [-0.25, -0.2) is 0 Å². The van der Waals surface area contributed by atoms with E-state index in [2.05, 4.69) is 5.10 Å². The van der Waals surface area contributed by atoms with Crippen LogP contribution in [-0.2, 0) is 7.05 Å². The highest BCUT2D eigenvalue weighted by atomic mass is 16.7. The number of anilines is 1. The molecule has 0 spiro atoms. The van der Waals surface area contributed by atoms with Gasteiger partial charge in [0, 0.05) is 18.2 Å². The largest absolute Gasteiger partial charge is 0.453 e. The lowest BCUT2D eigenvalue weighted by Crippen LogP contribution is -1.98. The summed E-state index contributed by atoms with van der Waals surface area (Å²) >= 11 is 0. The molecule has 1 aliphatic heterocycles. The Bertz CT molecular complexity index is 590. The Hall–Kier alpha value is -2.17. The summed E-state index contributed by atoms with van der Waals surface area (Å²) in [6.45, 7) is 2.25. The minimum Gasteiger partial charge on any atom is -0.453 e. The SMILES string of the molecule is Cc1ccc(-c2cnn(C)c2N)c2c1OCO2. The summed E-state index contributed by atoms with van der Waals surface area (Å²) in [4.78, 5) is 0. The summed E-state index contributed by atoms with van der Waals surface area (Å²) in [6, 6.07) is 3.98. The number of aryl methyl sites for hydroxylation is 2. The van der Waals surface area contributed by atoms with Gasteiger partial charge >= 0.3 is 0 Å². The molecule has 0 saturated heterocycles. The van der Waals surface area contributed by atoms with Gasteiger partial charge < -0.3 is 15.2 Å². The van der Waals surface area contributed by atoms with Gasteiger partial charge in [0.1, 0.15) is 5.82 Å². The summed E-state index contributed by atoms with van der Waals surface area (Å²) in [5, 5.41) is 4.14. The topological polar surface area (TPSA) is 62.3 Å². The van der Waals surface area contributed by atoms with E-state index in [0.29, 0.717) is 5.82 Å². The van der Waals surface area contributed by atoms with E-state index in [9.17, 15) is 0 Å². The summed E-state index contributed by atoms with van der Waals surface area (Å²) in [6.07, 6.45) is 1.74. The van der Waals surface area contributed by atoms with E-state index in [0.717, 1.165) is 28.2 Å². The number of nitrogen functional groups attached to an aromatic ring is 1. The predicted molar refractivity (Wildman–Crippen MR) is 63.9 cm³/mol. The van der Waals surface area contributed by atoms with Crippen molar-refractivity contribution >= 4 is 5.82 Å². The molecule has 0 amide bonds. The molecule has 88 valence electrons. The summed E-state index contributed by atoms with van der Waals surface area (Å²) in [5.74, 6) is 2.17. The van der Waals surface area contributed by atoms with Gasteiger partial charge in [0.2, 0.25) is 6.79 Å². The molecule has 1 aromatic heterocycles. The second kappa shape index (κ2) is 3.41. The second-order valence-electron chi connectivity index (χ2n) is 4.06. The third kappa shape index (κ3) is 1.35. The molecule has 17 heavy (non-hydrogen) atoms. The smallest absolute Gasteiger partial charge is 0.231 e. The number of hydrogen-bond acceptors (Lipinski definition) is 4. The van der Waals surface area contributed by atoms with E-state index < -0.39 is 0 Å². The number of aromatic nitrogens is 2. The third-order valence-electron chi connectivity index (χ3n) is 2.99. The molecule has 0 bridgehead atoms. The first-order chi connectivity index (χ1) is 8.18. The van der Waals surface area contributed by atoms with Crippen LogP contribution in [0.25, 0.3) is 11.1 Å². The van der Waals surface area contributed by atoms with Crippen molar-refractivity contribution in [2.24, 2.45) is 7.05 Å². The van der Waals surface area contributed by atoms with Crippen LogP contribution in [0.15, 0.2) is 18.3 Å². The lowest BCUT2D eigenvalue weighted by Gasteiger charge is -2.07. The molecule has 2 N–H and O–H groups in total. The van der Waals surface area contributed by atoms with E-state index in [4.69, 9.17) is 15.2 Å². The summed E-state index contributed by atoms with van der Waals surface area (Å²) in [5.41, 5.74) is 8.82. The molecule has 0 radical (unpaired) electrons. The van der Waals surface area contributed by atoms with Gasteiger partial charge in [-0.1, -0.05) is 6.07 Å². The van der Waals surface area contributed by atoms with E-state index in [-0.39, 0.29) is 6.79 Å². The normalized spacial score (nSPS) is 13.1. The van der Waals surface area contributed by atoms with Crippen LogP contribution < -0.4 is 15.2 Å². The van der Waals surface area contributed by atoms with Gasteiger partial charge in [0.15, 0.2) is 11.5 Å². The second-order valence-corrected chi connectivity index (χ2v) is 4.06. The molecule has 2 aromatic rings. The molecular formula is C12H13N3O2. The van der Waals surface area contributed by atoms with Crippen molar-refractivity contribution in [1.29, 1.82) is 0 Å². The highest BCUT2D eigenvalue weighted by Crippen LogP contribution is 2.44. The molecule has 3 rings (SSSR count). The fourth-order valence-electron chi connectivity index (χ4n) is 2.00. The fourth-order valence-corrected chi connectivity index (χ4v) is 2.00. The molecule has 1 aliphatic rings. The van der Waals surface area contributed by atoms with Crippen LogP contribution in [0.4, 0.5) is 5.82 Å². The Morgan fingerprint density at radius 1 is 1.24 bits per heavy atom. The molecule has 0 atom stereocenters. The zero-order chi connectivity index (χ0) is 12.0. The molecular weight excluding hydrogens is 218 g/mol. The minimum atomic E-state index is 0.257. The number of hydrogen-bond donors (Lipinski definition) is 1. The average molecular weight is 231 g/mol. The predicted octanol–water partition coefficient (Wildman–Crippen LogP) is 1.71. The lowest BCUT2D eigenvalue weighted by atomic mass is 10.0. The van der Waals surface area contributed by atoms with E-state index in [1.807, 2.05) is 26.1 Å². The summed E-state index contributed by atoms with van der Waals surface area (Å²) < 4.78 is 12.6. The van der Waals surface area contributed by atoms with Gasteiger partial charge in [-0.05, 0) is 18.6 Å². The van der Waals surface area contributed by atoms with Gasteiger partial charge in [-0.15, -0.1) is 0 Å². The van der Waals surface area contributed by atoms with Crippen molar-refractivity contribution in [3.8, 4) is 22.6 Å². The Balaban J connectivity index is 2.23. The van der Waals surface area contributed by atoms with Crippen LogP contribution >= 0.6 is 0 Å². The standard InChI is InChI=1S/C12H13N3O2/c1-7-3-4-8(11-10(7)16-6-17-11)9-5-14-15(2)12(9)13/h3-5H,6,13H2,1-2H3. The van der Waals surface area contributed by atoms with Crippen LogP contribution in [-0.4, -0.2) is 16.6 Å². The Labute approximate surface area is 98.8 Å². The Kier molecular flexibility index (Phi) is 2.01. The number of nitrogens with two attached hydrogens (primary N) is 1. The highest BCUT2D eigenvalue weighted by molar-refractivity contribution is 5.81. The van der Waals surface area contributed by atoms with Crippen LogP contribution in [0.1, 0.15) is 5.56 Å². The van der Waals surface area contributed by atoms with Crippen LogP contribution in [0.3, 0.4) is 0 Å². The number of nitrogens with zero attached hydrogens (tertiary/aromatic N) is 2. The van der Waals surface area contributed by atoms with Crippen LogP contribution in [0.2, 0.25) is 0 Å². The van der Waals surface area contributed by atoms with Crippen molar-refractivity contribution in [3.05, 3.63) is 23.9 Å². The molecule has 0 aliphatic carbocycles. The molecule has 5 nitrogen and oxygen atoms in total. The van der Waals surface area contributed by atoms with Crippen molar-refractivity contribution in [2.45, 2.75) is 6.92 Å². The average Bonchev–Trinajstić information content (AvgIpc) is 2.91. The third-order valence-corrected chi connectivity index (χ3v) is 2.99. The van der Waals surface area contributed by atoms with Crippen LogP contribution in [0, 0.1) is 6.92 Å². The highest BCUT2D eigenvalue weighted by Gasteiger charge is 2.22. The Morgan fingerprint density at radius 3 is 2.71 bits per heavy atom. The lowest BCUT2D eigenvalue weighted by molar-refractivity contribution is 0.174. The zero-order valence-electron chi connectivity index (χ0n) is 9.73. The fraction of sp³-hybridized carbons (Fsp3) is 0.250. The maximum absolute atomic E-state index is 5.97. The molecule has 2 heterocycles. The minimum absolute atomic E-state index is 0.257. The maximum atomic E-state index is 5.97. The summed E-state index contributed by atoms with van der Waals surface area (Å²) in [7, 11) is 1.81. The molecule has 0 unspecified atom stereocenters. The van der Waals surface area contributed by atoms with Crippen molar-refractivity contribution in [3.63, 3.8) is 0 Å². The quantitative estimate of drug-likeness (QED) is 0.811. The van der Waals surface area contributed by atoms with Gasteiger partial charge in [0.05, 0.1) is 6.20 Å². The molecule has 0 saturated carbocycles. The van der Waals surface area contributed by atoms with E-state index >= 15 is 0 Å². The first-order valence-electron chi connectivity index (χ1n) is 5.35. The zero-order valence-corrected chi connectivity index (χ0v) is 9.73. The van der Waals surface area contributed by atoms with Crippen molar-refractivity contribution in [1.82, 2.24) is 9.78 Å². The first-order valence-corrected chi connectivity index (χ1v) is 5.35. The molecule has 5 heteroatoms. The first kappa shape index (κ1) is 10.0. The molecule has 1 aromatic carbocycles. The van der Waals surface area contributed by atoms with Crippen molar-refractivity contribution in [2.75, 3.05) is 12.5 Å².